The zero-order chi connectivity index (χ0) is 17.7. The summed E-state index contributed by atoms with van der Waals surface area (Å²) in [6.07, 6.45) is -0.402. The Labute approximate surface area is 137 Å². The van der Waals surface area contributed by atoms with E-state index in [9.17, 15) is 18.0 Å². The van der Waals surface area contributed by atoms with Crippen molar-refractivity contribution in [1.29, 1.82) is 0 Å². The molecule has 128 valence electrons. The van der Waals surface area contributed by atoms with Crippen molar-refractivity contribution in [2.24, 2.45) is 0 Å². The Morgan fingerprint density at radius 3 is 2.71 bits per heavy atom. The van der Waals surface area contributed by atoms with Gasteiger partial charge in [0.1, 0.15) is 12.7 Å². The van der Waals surface area contributed by atoms with Gasteiger partial charge in [-0.05, 0) is 31.1 Å². The molecular weight excluding hydrogens is 321 g/mol. The molecule has 8 heteroatoms. The first-order valence-corrected chi connectivity index (χ1v) is 7.25. The molecule has 1 amide bonds. The van der Waals surface area contributed by atoms with Gasteiger partial charge in [-0.15, -0.1) is 0 Å². The Hall–Kier alpha value is -2.64. The molecule has 1 unspecified atom stereocenters. The molecule has 5 nitrogen and oxygen atoms in total. The molecule has 1 aromatic carbocycles. The highest BCUT2D eigenvalue weighted by Crippen LogP contribution is 2.34. The van der Waals surface area contributed by atoms with Gasteiger partial charge in [0.2, 0.25) is 5.91 Å². The van der Waals surface area contributed by atoms with Crippen LogP contribution in [0.2, 0.25) is 0 Å². The number of hydrogen-bond acceptors (Lipinski definition) is 3. The summed E-state index contributed by atoms with van der Waals surface area (Å²) in [7, 11) is 0. The van der Waals surface area contributed by atoms with Crippen molar-refractivity contribution in [2.75, 3.05) is 0 Å². The number of halogens is 3. The van der Waals surface area contributed by atoms with Crippen molar-refractivity contribution in [1.82, 2.24) is 20.1 Å². The summed E-state index contributed by atoms with van der Waals surface area (Å²) in [6, 6.07) is 4.92. The number of aromatic nitrogens is 3. The summed E-state index contributed by atoms with van der Waals surface area (Å²) >= 11 is 0. The van der Waals surface area contributed by atoms with Gasteiger partial charge in [-0.25, -0.2) is 4.98 Å². The van der Waals surface area contributed by atoms with Crippen LogP contribution in [0.4, 0.5) is 13.2 Å². The molecule has 0 radical (unpaired) electrons. The summed E-state index contributed by atoms with van der Waals surface area (Å²) in [4.78, 5) is 15.8. The van der Waals surface area contributed by atoms with Gasteiger partial charge in [0.05, 0.1) is 12.1 Å². The van der Waals surface area contributed by atoms with E-state index in [4.69, 9.17) is 0 Å². The van der Waals surface area contributed by atoms with E-state index < -0.39 is 17.6 Å². The smallest absolute Gasteiger partial charge is 0.348 e. The van der Waals surface area contributed by atoms with Crippen molar-refractivity contribution in [3.05, 3.63) is 54.1 Å². The Balaban J connectivity index is 2.09. The Morgan fingerprint density at radius 2 is 2.08 bits per heavy atom. The molecule has 0 fully saturated rings. The average molecular weight is 338 g/mol. The second-order valence-corrected chi connectivity index (χ2v) is 5.40. The molecular formula is C16H17F3N4O. The summed E-state index contributed by atoms with van der Waals surface area (Å²) < 4.78 is 40.6. The van der Waals surface area contributed by atoms with Gasteiger partial charge in [-0.3, -0.25) is 9.48 Å². The first-order valence-electron chi connectivity index (χ1n) is 7.25. The van der Waals surface area contributed by atoms with Crippen LogP contribution in [0, 0.1) is 0 Å². The predicted octanol–water partition coefficient (Wildman–Crippen LogP) is 2.91. The number of carbonyl (C=O) groups is 1. The van der Waals surface area contributed by atoms with Crippen molar-refractivity contribution in [3.63, 3.8) is 0 Å². The minimum Gasteiger partial charge on any atom is -0.348 e. The molecule has 1 heterocycles. The SMILES string of the molecule is C/C(=C\C(=O)NC(C)Cn1cncn1)c1ccccc1C(F)(F)F. The van der Waals surface area contributed by atoms with E-state index >= 15 is 0 Å². The number of alkyl halides is 3. The second kappa shape index (κ2) is 7.29. The topological polar surface area (TPSA) is 59.8 Å². The molecule has 0 aliphatic rings. The van der Waals surface area contributed by atoms with Gasteiger partial charge in [0.15, 0.2) is 0 Å². The molecule has 2 aromatic rings. The molecule has 1 N–H and O–H groups in total. The summed E-state index contributed by atoms with van der Waals surface area (Å²) in [5.74, 6) is -0.461. The number of rotatable bonds is 5. The second-order valence-electron chi connectivity index (χ2n) is 5.40. The average Bonchev–Trinajstić information content (AvgIpc) is 2.98. The predicted molar refractivity (Wildman–Crippen MR) is 82.7 cm³/mol. The number of allylic oxidation sites excluding steroid dienone is 1. The number of amides is 1. The fourth-order valence-corrected chi connectivity index (χ4v) is 2.29. The minimum atomic E-state index is -4.47. The van der Waals surface area contributed by atoms with Gasteiger partial charge < -0.3 is 5.32 Å². The third-order valence-electron chi connectivity index (χ3n) is 3.32. The van der Waals surface area contributed by atoms with Crippen LogP contribution in [0.5, 0.6) is 0 Å². The Kier molecular flexibility index (Phi) is 5.38. The lowest BCUT2D eigenvalue weighted by atomic mass is 10.00. The first kappa shape index (κ1) is 17.7. The molecule has 2 rings (SSSR count). The van der Waals surface area contributed by atoms with Crippen LogP contribution in [-0.4, -0.2) is 26.7 Å². The third kappa shape index (κ3) is 4.68. The van der Waals surface area contributed by atoms with Crippen LogP contribution in [-0.2, 0) is 17.5 Å². The normalized spacial score (nSPS) is 13.6. The Morgan fingerprint density at radius 1 is 1.38 bits per heavy atom. The summed E-state index contributed by atoms with van der Waals surface area (Å²) in [6.45, 7) is 3.66. The lowest BCUT2D eigenvalue weighted by Gasteiger charge is -2.14. The summed E-state index contributed by atoms with van der Waals surface area (Å²) in [5.41, 5.74) is -0.528. The number of hydrogen-bond donors (Lipinski definition) is 1. The van der Waals surface area contributed by atoms with E-state index in [2.05, 4.69) is 15.4 Å². The lowest BCUT2D eigenvalue weighted by Crippen LogP contribution is -2.34. The highest BCUT2D eigenvalue weighted by molar-refractivity contribution is 5.95. The van der Waals surface area contributed by atoms with Crippen molar-refractivity contribution in [3.8, 4) is 0 Å². The lowest BCUT2D eigenvalue weighted by molar-refractivity contribution is -0.137. The first-order chi connectivity index (χ1) is 11.3. The van der Waals surface area contributed by atoms with Crippen molar-refractivity contribution >= 4 is 11.5 Å². The fraction of sp³-hybridized carbons (Fsp3) is 0.312. The molecule has 0 saturated carbocycles. The van der Waals surface area contributed by atoms with Gasteiger partial charge in [0, 0.05) is 12.1 Å². The van der Waals surface area contributed by atoms with Crippen LogP contribution in [0.1, 0.15) is 25.0 Å². The molecule has 0 saturated heterocycles. The minimum absolute atomic E-state index is 0.0101. The van der Waals surface area contributed by atoms with E-state index in [0.29, 0.717) is 6.54 Å². The zero-order valence-electron chi connectivity index (χ0n) is 13.2. The highest BCUT2D eigenvalue weighted by atomic mass is 19.4. The maximum absolute atomic E-state index is 13.0. The van der Waals surface area contributed by atoms with E-state index in [1.165, 1.54) is 43.9 Å². The quantitative estimate of drug-likeness (QED) is 0.853. The van der Waals surface area contributed by atoms with E-state index in [1.54, 1.807) is 11.6 Å². The molecule has 24 heavy (non-hydrogen) atoms. The monoisotopic (exact) mass is 338 g/mol. The summed E-state index contributed by atoms with van der Waals surface area (Å²) in [5, 5.41) is 6.62. The zero-order valence-corrected chi connectivity index (χ0v) is 13.2. The standard InChI is InChI=1S/C16H17F3N4O/c1-11(13-5-3-4-6-14(13)16(17,18)19)7-15(24)22-12(2)8-23-10-20-9-21-23/h3-7,9-10,12H,8H2,1-2H3,(H,22,24)/b11-7+. The number of nitrogens with zero attached hydrogens (tertiary/aromatic N) is 3. The van der Waals surface area contributed by atoms with Crippen molar-refractivity contribution < 1.29 is 18.0 Å². The van der Waals surface area contributed by atoms with Crippen LogP contribution in [0.15, 0.2) is 43.0 Å². The molecule has 0 aliphatic heterocycles. The maximum Gasteiger partial charge on any atom is 0.416 e. The molecule has 1 atom stereocenters. The van der Waals surface area contributed by atoms with E-state index in [-0.39, 0.29) is 17.2 Å². The van der Waals surface area contributed by atoms with E-state index in [1.807, 2.05) is 0 Å². The largest absolute Gasteiger partial charge is 0.416 e. The molecule has 0 spiro atoms. The van der Waals surface area contributed by atoms with Crippen LogP contribution in [0.25, 0.3) is 5.57 Å². The van der Waals surface area contributed by atoms with Crippen LogP contribution >= 0.6 is 0 Å². The van der Waals surface area contributed by atoms with E-state index in [0.717, 1.165) is 6.07 Å². The maximum atomic E-state index is 13.0. The third-order valence-corrected chi connectivity index (χ3v) is 3.32. The number of benzene rings is 1. The van der Waals surface area contributed by atoms with Gasteiger partial charge in [0.25, 0.3) is 0 Å². The van der Waals surface area contributed by atoms with Crippen LogP contribution < -0.4 is 5.32 Å². The number of carbonyl (C=O) groups excluding carboxylic acids is 1. The van der Waals surface area contributed by atoms with Gasteiger partial charge >= 0.3 is 6.18 Å². The van der Waals surface area contributed by atoms with Crippen LogP contribution in [0.3, 0.4) is 0 Å². The van der Waals surface area contributed by atoms with Gasteiger partial charge in [-0.1, -0.05) is 18.2 Å². The van der Waals surface area contributed by atoms with Gasteiger partial charge in [-0.2, -0.15) is 18.3 Å². The molecule has 0 aliphatic carbocycles. The fourth-order valence-electron chi connectivity index (χ4n) is 2.29. The molecule has 0 bridgehead atoms. The highest BCUT2D eigenvalue weighted by Gasteiger charge is 2.33. The van der Waals surface area contributed by atoms with Crippen molar-refractivity contribution in [2.45, 2.75) is 32.6 Å². The molecule has 1 aromatic heterocycles. The Bertz CT molecular complexity index is 723. The number of nitrogens with one attached hydrogen (secondary N) is 1.